The van der Waals surface area contributed by atoms with E-state index >= 15 is 0 Å². The number of aromatic amines is 1. The fraction of sp³-hybridized carbons (Fsp3) is 0.750. The van der Waals surface area contributed by atoms with Crippen LogP contribution in [0.25, 0.3) is 0 Å². The fourth-order valence-corrected chi connectivity index (χ4v) is 3.44. The maximum absolute atomic E-state index is 11.4. The second kappa shape index (κ2) is 9.70. The number of nitrogens with two attached hydrogens (primary N) is 1. The van der Waals surface area contributed by atoms with E-state index in [0.717, 1.165) is 0 Å². The van der Waals surface area contributed by atoms with E-state index in [4.69, 9.17) is 19.9 Å². The van der Waals surface area contributed by atoms with Gasteiger partial charge in [-0.1, -0.05) is 0 Å². The number of carbonyl (C=O) groups is 1. The molecule has 0 unspecified atom stereocenters. The Balaban J connectivity index is 1.73. The lowest BCUT2D eigenvalue weighted by Crippen LogP contribution is -2.65. The lowest BCUT2D eigenvalue weighted by Gasteiger charge is -2.46. The third kappa shape index (κ3) is 4.65. The Morgan fingerprint density at radius 2 is 1.71 bits per heavy atom. The van der Waals surface area contributed by atoms with E-state index in [2.05, 4.69) is 15.3 Å². The number of hydrogen-bond donors (Lipinski definition) is 10. The van der Waals surface area contributed by atoms with Crippen molar-refractivity contribution in [1.29, 1.82) is 0 Å². The second-order valence-corrected chi connectivity index (χ2v) is 7.19. The fourth-order valence-electron chi connectivity index (χ4n) is 3.44. The van der Waals surface area contributed by atoms with E-state index in [-0.39, 0.29) is 11.5 Å². The number of hydrogen-bond acceptors (Lipinski definition) is 13. The lowest BCUT2D eigenvalue weighted by atomic mass is 9.96. The number of anilines is 1. The number of nitrogens with zero attached hydrogens (tertiary/aromatic N) is 1. The van der Waals surface area contributed by atoms with Crippen molar-refractivity contribution < 1.29 is 54.8 Å². The van der Waals surface area contributed by atoms with E-state index < -0.39 is 80.5 Å². The van der Waals surface area contributed by atoms with E-state index in [9.17, 15) is 40.5 Å². The molecule has 3 heterocycles. The first-order chi connectivity index (χ1) is 14.7. The quantitative estimate of drug-likeness (QED) is 0.185. The normalized spacial score (nSPS) is 41.1. The van der Waals surface area contributed by atoms with Gasteiger partial charge in [0.25, 0.3) is 5.91 Å². The van der Waals surface area contributed by atoms with Crippen LogP contribution in [0.5, 0.6) is 0 Å². The summed E-state index contributed by atoms with van der Waals surface area (Å²) in [4.78, 5) is 17.7. The van der Waals surface area contributed by atoms with Gasteiger partial charge in [0.05, 0.1) is 19.5 Å². The molecule has 1 aromatic heterocycles. The van der Waals surface area contributed by atoms with Gasteiger partial charge in [-0.2, -0.15) is 0 Å². The molecule has 2 fully saturated rings. The van der Waals surface area contributed by atoms with Crippen LogP contribution in [-0.2, 0) is 14.2 Å². The number of aromatic nitrogens is 2. The van der Waals surface area contributed by atoms with Gasteiger partial charge in [-0.25, -0.2) is 4.98 Å². The van der Waals surface area contributed by atoms with Crippen LogP contribution in [0.4, 0.5) is 5.82 Å². The number of aliphatic hydroxyl groups is 7. The molecule has 2 saturated heterocycles. The molecule has 0 radical (unpaired) electrons. The molecule has 11 N–H and O–H groups in total. The molecule has 15 heteroatoms. The number of aliphatic hydroxyl groups excluding tert-OH is 7. The van der Waals surface area contributed by atoms with Gasteiger partial charge >= 0.3 is 0 Å². The number of amides is 1. The van der Waals surface area contributed by atoms with E-state index in [1.165, 1.54) is 6.33 Å². The number of primary amides is 1. The number of nitrogens with one attached hydrogen (secondary N) is 2. The highest BCUT2D eigenvalue weighted by Gasteiger charge is 2.50. The Hall–Kier alpha value is -1.92. The Labute approximate surface area is 175 Å². The van der Waals surface area contributed by atoms with Crippen LogP contribution < -0.4 is 11.1 Å². The summed E-state index contributed by atoms with van der Waals surface area (Å²) >= 11 is 0. The zero-order valence-corrected chi connectivity index (χ0v) is 16.1. The van der Waals surface area contributed by atoms with Crippen molar-refractivity contribution in [1.82, 2.24) is 9.97 Å². The predicted molar refractivity (Wildman–Crippen MR) is 97.1 cm³/mol. The van der Waals surface area contributed by atoms with Crippen molar-refractivity contribution >= 4 is 11.7 Å². The third-order valence-corrected chi connectivity index (χ3v) is 5.17. The summed E-state index contributed by atoms with van der Waals surface area (Å²) in [7, 11) is 0. The van der Waals surface area contributed by atoms with Crippen LogP contribution in [-0.4, -0.2) is 126 Å². The number of imidazole rings is 1. The SMILES string of the molecule is NC(=O)[13c]1[15nH]cn[13c]1N[C@@H]1O[C@H](CO)[C@@H](O[C@@H]2O[C@H](CO)[C@H](O)[C@H](O)[C@H]2O)[C@H](O)[C@H]1O. The second-order valence-electron chi connectivity index (χ2n) is 7.19. The first-order valence-corrected chi connectivity index (χ1v) is 9.37. The molecule has 0 spiro atoms. The number of ether oxygens (including phenoxy) is 3. The minimum absolute atomic E-state index is 0.0614. The zero-order valence-electron chi connectivity index (χ0n) is 16.1. The maximum atomic E-state index is 11.4. The molecule has 2 aliphatic rings. The first-order valence-electron chi connectivity index (χ1n) is 9.37. The van der Waals surface area contributed by atoms with Gasteiger partial charge < -0.3 is 66.0 Å². The van der Waals surface area contributed by atoms with Crippen molar-refractivity contribution in [3.05, 3.63) is 12.0 Å². The number of carbonyl (C=O) groups excluding carboxylic acids is 1. The minimum atomic E-state index is -1.76. The highest BCUT2D eigenvalue weighted by atomic mass is 16.7. The zero-order chi connectivity index (χ0) is 22.9. The summed E-state index contributed by atoms with van der Waals surface area (Å²) in [5, 5.41) is 72.4. The van der Waals surface area contributed by atoms with Crippen LogP contribution in [0, 0.1) is 0 Å². The molecule has 15 nitrogen and oxygen atoms in total. The topological polar surface area (TPSA) is 253 Å². The number of H-pyrrole nitrogens is 1. The molecular weight excluding hydrogens is 427 g/mol. The van der Waals surface area contributed by atoms with Crippen LogP contribution in [0.15, 0.2) is 6.33 Å². The Morgan fingerprint density at radius 3 is 2.32 bits per heavy atom. The molecule has 10 atom stereocenters. The average Bonchev–Trinajstić information content (AvgIpc) is 3.21. The van der Waals surface area contributed by atoms with E-state index in [0.29, 0.717) is 0 Å². The summed E-state index contributed by atoms with van der Waals surface area (Å²) in [6.45, 7) is -1.40. The summed E-state index contributed by atoms with van der Waals surface area (Å²) in [6, 6.07) is 0. The Bertz CT molecular complexity index is 747. The molecule has 0 aliphatic carbocycles. The Kier molecular flexibility index (Phi) is 7.43. The van der Waals surface area contributed by atoms with Crippen molar-refractivity contribution in [3.8, 4) is 0 Å². The molecule has 1 aromatic rings. The predicted octanol–water partition coefficient (Wildman–Crippen LogP) is -5.46. The Morgan fingerprint density at radius 1 is 1.03 bits per heavy atom. The molecule has 31 heavy (non-hydrogen) atoms. The van der Waals surface area contributed by atoms with Crippen molar-refractivity contribution in [2.45, 2.75) is 61.3 Å². The van der Waals surface area contributed by atoms with E-state index in [1.807, 2.05) is 0 Å². The summed E-state index contributed by atoms with van der Waals surface area (Å²) in [5.41, 5.74) is 5.10. The molecule has 3 rings (SSSR count). The van der Waals surface area contributed by atoms with Crippen LogP contribution in [0.2, 0.25) is 0 Å². The van der Waals surface area contributed by atoms with Crippen molar-refractivity contribution in [2.24, 2.45) is 5.73 Å². The molecule has 176 valence electrons. The van der Waals surface area contributed by atoms with Gasteiger partial charge in [-0.05, 0) is 0 Å². The molecule has 0 saturated carbocycles. The summed E-state index contributed by atoms with van der Waals surface area (Å²) < 4.78 is 16.2. The maximum Gasteiger partial charge on any atom is 0.269 e. The highest BCUT2D eigenvalue weighted by Crippen LogP contribution is 2.29. The van der Waals surface area contributed by atoms with Gasteiger partial charge in [0.15, 0.2) is 18.3 Å². The van der Waals surface area contributed by atoms with Gasteiger partial charge in [-0.15, -0.1) is 0 Å². The smallest absolute Gasteiger partial charge is 0.269 e. The monoisotopic (exact) mass is 453 g/mol. The van der Waals surface area contributed by atoms with Crippen LogP contribution in [0.1, 0.15) is 10.5 Å². The largest absolute Gasteiger partial charge is 0.394 e. The molecule has 0 bridgehead atoms. The third-order valence-electron chi connectivity index (χ3n) is 5.17. The number of rotatable bonds is 7. The lowest BCUT2D eigenvalue weighted by molar-refractivity contribution is -0.340. The van der Waals surface area contributed by atoms with E-state index in [1.54, 1.807) is 0 Å². The van der Waals surface area contributed by atoms with Gasteiger partial charge in [0, 0.05) is 0 Å². The molecule has 1 amide bonds. The standard InChI is InChI=1S/C16H26N4O11/c17-13(28)6-14(19-3-18-6)20-15-10(26)9(25)12(5(2-22)29-15)31-16-11(27)8(24)7(23)4(1-21)30-16/h3-5,7-12,15-16,20-27H,1-2H2,(H2,17,28)(H,18,19)/t4-,5-,7+,8+,9-,10-,11-,12-,15-,16+/m1/s1/i6+1,14+1,18+1. The van der Waals surface area contributed by atoms with Crippen LogP contribution >= 0.6 is 0 Å². The highest BCUT2D eigenvalue weighted by molar-refractivity contribution is 5.95. The average molecular weight is 453 g/mol. The first kappa shape index (κ1) is 23.7. The van der Waals surface area contributed by atoms with Gasteiger partial charge in [0.2, 0.25) is 0 Å². The van der Waals surface area contributed by atoms with Gasteiger partial charge in [0.1, 0.15) is 54.5 Å². The van der Waals surface area contributed by atoms with Gasteiger partial charge in [-0.3, -0.25) is 4.79 Å². The molecular formula is C16H26N4O11. The molecule has 0 aromatic carbocycles. The van der Waals surface area contributed by atoms with Crippen LogP contribution in [0.3, 0.4) is 0 Å². The summed E-state index contributed by atoms with van der Waals surface area (Å²) in [6.07, 6.45) is -14.3. The molecule has 2 aliphatic heterocycles. The van der Waals surface area contributed by atoms with Crippen molar-refractivity contribution in [2.75, 3.05) is 18.5 Å². The van der Waals surface area contributed by atoms with Crippen molar-refractivity contribution in [3.63, 3.8) is 0 Å². The minimum Gasteiger partial charge on any atom is -0.394 e. The summed E-state index contributed by atoms with van der Waals surface area (Å²) in [5.74, 6) is -0.901.